The third-order valence-corrected chi connectivity index (χ3v) is 4.77. The van der Waals surface area contributed by atoms with Crippen molar-refractivity contribution in [1.82, 2.24) is 4.90 Å². The molecule has 1 aromatic carbocycles. The predicted molar refractivity (Wildman–Crippen MR) is 122 cm³/mol. The topological polar surface area (TPSA) is 43.3 Å². The molecule has 5 heteroatoms. The Hall–Kier alpha value is -2.01. The smallest absolute Gasteiger partial charge is 0.125 e. The van der Waals surface area contributed by atoms with Crippen molar-refractivity contribution in [2.75, 3.05) is 40.5 Å². The van der Waals surface area contributed by atoms with Crippen LogP contribution in [-0.4, -0.2) is 51.6 Å². The van der Waals surface area contributed by atoms with Gasteiger partial charge in [-0.05, 0) is 70.5 Å². The van der Waals surface area contributed by atoms with Gasteiger partial charge in [0.2, 0.25) is 0 Å². The normalized spacial score (nSPS) is 11.7. The van der Waals surface area contributed by atoms with E-state index in [-0.39, 0.29) is 0 Å². The molecule has 0 aliphatic carbocycles. The lowest BCUT2D eigenvalue weighted by Gasteiger charge is -2.14. The summed E-state index contributed by atoms with van der Waals surface area (Å²) in [4.78, 5) is 6.93. The summed E-state index contributed by atoms with van der Waals surface area (Å²) in [5.74, 6) is 1.91. The van der Waals surface area contributed by atoms with Gasteiger partial charge in [0.15, 0.2) is 0 Å². The lowest BCUT2D eigenvalue weighted by molar-refractivity contribution is 0.213. The van der Waals surface area contributed by atoms with Crippen LogP contribution in [0.25, 0.3) is 0 Å². The van der Waals surface area contributed by atoms with Gasteiger partial charge in [-0.25, -0.2) is 0 Å². The maximum atomic E-state index is 6.06. The quantitative estimate of drug-likeness (QED) is 0.157. The minimum absolute atomic E-state index is 0.605. The van der Waals surface area contributed by atoms with E-state index in [1.54, 1.807) is 13.3 Å². The molecule has 0 fully saturated rings. The van der Waals surface area contributed by atoms with Crippen molar-refractivity contribution in [2.45, 2.75) is 59.3 Å². The van der Waals surface area contributed by atoms with E-state index in [1.807, 2.05) is 19.1 Å². The van der Waals surface area contributed by atoms with Gasteiger partial charge in [-0.1, -0.05) is 43.0 Å². The minimum Gasteiger partial charge on any atom is -0.493 e. The Balaban J connectivity index is 2.13. The monoisotopic (exact) mass is 404 g/mol. The Morgan fingerprint density at radius 3 is 2.28 bits per heavy atom. The number of benzene rings is 1. The second kappa shape index (κ2) is 15.9. The molecule has 1 aromatic rings. The average molecular weight is 405 g/mol. The summed E-state index contributed by atoms with van der Waals surface area (Å²) in [5.41, 5.74) is 2.28. The molecule has 0 saturated heterocycles. The number of rotatable bonds is 16. The van der Waals surface area contributed by atoms with Gasteiger partial charge in [-0.2, -0.15) is 0 Å². The molecule has 0 aromatic heterocycles. The molecule has 0 heterocycles. The summed E-state index contributed by atoms with van der Waals surface area (Å²) in [5, 5.41) is 3.76. The zero-order chi connectivity index (χ0) is 21.3. The van der Waals surface area contributed by atoms with Crippen molar-refractivity contribution in [2.24, 2.45) is 5.16 Å². The molecule has 0 N–H and O–H groups in total. The van der Waals surface area contributed by atoms with Crippen LogP contribution >= 0.6 is 0 Å². The second-order valence-corrected chi connectivity index (χ2v) is 7.47. The third kappa shape index (κ3) is 11.5. The third-order valence-electron chi connectivity index (χ3n) is 4.77. The first-order chi connectivity index (χ1) is 14.1. The molecule has 29 heavy (non-hydrogen) atoms. The molecule has 5 nitrogen and oxygen atoms in total. The first-order valence-electron chi connectivity index (χ1n) is 10.8. The number of ether oxygens (including phenoxy) is 2. The molecule has 0 unspecified atom stereocenters. The van der Waals surface area contributed by atoms with Gasteiger partial charge in [0.25, 0.3) is 0 Å². The fourth-order valence-corrected chi connectivity index (χ4v) is 3.17. The second-order valence-electron chi connectivity index (χ2n) is 7.47. The molecule has 0 saturated carbocycles. The van der Waals surface area contributed by atoms with Crippen molar-refractivity contribution >= 4 is 6.21 Å². The van der Waals surface area contributed by atoms with E-state index in [0.29, 0.717) is 6.61 Å². The van der Waals surface area contributed by atoms with Crippen molar-refractivity contribution in [3.8, 4) is 11.5 Å². The van der Waals surface area contributed by atoms with Gasteiger partial charge in [0.1, 0.15) is 25.2 Å². The number of hydrogen-bond acceptors (Lipinski definition) is 5. The van der Waals surface area contributed by atoms with Crippen LogP contribution in [0.2, 0.25) is 0 Å². The van der Waals surface area contributed by atoms with Gasteiger partial charge in [0.05, 0.1) is 12.8 Å². The molecule has 0 amide bonds. The van der Waals surface area contributed by atoms with E-state index >= 15 is 0 Å². The molecule has 0 radical (unpaired) electrons. The predicted octanol–water partition coefficient (Wildman–Crippen LogP) is 5.54. The number of nitrogens with zero attached hydrogens (tertiary/aromatic N) is 2. The number of aryl methyl sites for hydroxylation is 2. The van der Waals surface area contributed by atoms with E-state index in [9.17, 15) is 0 Å². The van der Waals surface area contributed by atoms with Gasteiger partial charge < -0.3 is 19.2 Å². The molecular weight excluding hydrogens is 364 g/mol. The summed E-state index contributed by atoms with van der Waals surface area (Å²) in [7, 11) is 3.69. The largest absolute Gasteiger partial charge is 0.493 e. The number of oxime groups is 1. The van der Waals surface area contributed by atoms with Crippen LogP contribution in [0, 0.1) is 13.8 Å². The van der Waals surface area contributed by atoms with Crippen molar-refractivity contribution < 1.29 is 14.3 Å². The van der Waals surface area contributed by atoms with Crippen LogP contribution in [0.15, 0.2) is 29.4 Å². The SMILES string of the molecule is C/C=C/COc1cc(C)c(OCCCCCCCCN(C)C/C=N/OC)c(C)c1. The summed E-state index contributed by atoms with van der Waals surface area (Å²) >= 11 is 0. The Kier molecular flexibility index (Phi) is 13.7. The first-order valence-corrected chi connectivity index (χ1v) is 10.8. The molecule has 0 atom stereocenters. The van der Waals surface area contributed by atoms with E-state index in [0.717, 1.165) is 48.7 Å². The van der Waals surface area contributed by atoms with Crippen LogP contribution in [0.1, 0.15) is 56.6 Å². The zero-order valence-electron chi connectivity index (χ0n) is 19.1. The highest BCUT2D eigenvalue weighted by molar-refractivity contribution is 5.58. The lowest BCUT2D eigenvalue weighted by Crippen LogP contribution is -2.21. The van der Waals surface area contributed by atoms with Crippen molar-refractivity contribution in [3.63, 3.8) is 0 Å². The Labute approximate surface area is 177 Å². The molecule has 0 spiro atoms. The van der Waals surface area contributed by atoms with Crippen LogP contribution in [0.4, 0.5) is 0 Å². The highest BCUT2D eigenvalue weighted by atomic mass is 16.6. The van der Waals surface area contributed by atoms with Crippen LogP contribution in [0.5, 0.6) is 11.5 Å². The minimum atomic E-state index is 0.605. The van der Waals surface area contributed by atoms with E-state index in [2.05, 4.69) is 47.9 Å². The zero-order valence-corrected chi connectivity index (χ0v) is 19.1. The fraction of sp³-hybridized carbons (Fsp3) is 0.625. The molecule has 1 rings (SSSR count). The average Bonchev–Trinajstić information content (AvgIpc) is 2.68. The highest BCUT2D eigenvalue weighted by Crippen LogP contribution is 2.28. The lowest BCUT2D eigenvalue weighted by atomic mass is 10.1. The number of unbranched alkanes of at least 4 members (excludes halogenated alkanes) is 5. The van der Waals surface area contributed by atoms with E-state index in [1.165, 1.54) is 32.1 Å². The Morgan fingerprint density at radius 1 is 0.966 bits per heavy atom. The highest BCUT2D eigenvalue weighted by Gasteiger charge is 2.07. The van der Waals surface area contributed by atoms with Gasteiger partial charge in [-0.3, -0.25) is 0 Å². The molecule has 164 valence electrons. The fourth-order valence-electron chi connectivity index (χ4n) is 3.17. The van der Waals surface area contributed by atoms with Gasteiger partial charge in [0, 0.05) is 6.54 Å². The summed E-state index contributed by atoms with van der Waals surface area (Å²) in [6, 6.07) is 4.12. The number of allylic oxidation sites excluding steroid dienone is 1. The first kappa shape index (κ1) is 25.0. The Morgan fingerprint density at radius 2 is 1.62 bits per heavy atom. The molecule has 0 aliphatic heterocycles. The van der Waals surface area contributed by atoms with E-state index in [4.69, 9.17) is 9.47 Å². The standard InChI is InChI=1S/C24H40N2O3/c1-6-7-17-28-23-19-21(2)24(22(3)20-23)29-18-13-11-9-8-10-12-15-26(4)16-14-25-27-5/h6-7,14,19-20H,8-13,15-18H2,1-5H3/b7-6+,25-14+. The Bertz CT molecular complexity index is 591. The maximum absolute atomic E-state index is 6.06. The summed E-state index contributed by atoms with van der Waals surface area (Å²) < 4.78 is 11.8. The van der Waals surface area contributed by atoms with E-state index < -0.39 is 0 Å². The number of hydrogen-bond donors (Lipinski definition) is 0. The summed E-state index contributed by atoms with van der Waals surface area (Å²) in [6.45, 7) is 9.50. The van der Waals surface area contributed by atoms with Crippen LogP contribution in [0.3, 0.4) is 0 Å². The maximum Gasteiger partial charge on any atom is 0.125 e. The molecular formula is C24H40N2O3. The van der Waals surface area contributed by atoms with Gasteiger partial charge in [-0.15, -0.1) is 0 Å². The van der Waals surface area contributed by atoms with Crippen LogP contribution < -0.4 is 9.47 Å². The summed E-state index contributed by atoms with van der Waals surface area (Å²) in [6.07, 6.45) is 13.2. The van der Waals surface area contributed by atoms with Crippen LogP contribution in [-0.2, 0) is 4.84 Å². The van der Waals surface area contributed by atoms with Crippen molar-refractivity contribution in [1.29, 1.82) is 0 Å². The van der Waals surface area contributed by atoms with Crippen molar-refractivity contribution in [3.05, 3.63) is 35.4 Å². The molecule has 0 bridgehead atoms. The molecule has 0 aliphatic rings. The van der Waals surface area contributed by atoms with Gasteiger partial charge >= 0.3 is 0 Å².